The Morgan fingerprint density at radius 1 is 1.09 bits per heavy atom. The Hall–Kier alpha value is -4.20. The molecular formula is C22H14ClN3O6S. The molecule has 3 aromatic rings. The highest BCUT2D eigenvalue weighted by molar-refractivity contribution is 7.87. The lowest BCUT2D eigenvalue weighted by molar-refractivity contribution is -0.384. The normalized spacial score (nSPS) is 11.3. The second kappa shape index (κ2) is 9.95. The Bertz CT molecular complexity index is 1400. The minimum atomic E-state index is -4.07. The molecule has 0 bridgehead atoms. The van der Waals surface area contributed by atoms with Crippen molar-refractivity contribution in [1.29, 1.82) is 5.26 Å². The molecule has 0 saturated carbocycles. The number of rotatable bonds is 7. The van der Waals surface area contributed by atoms with Crippen LogP contribution in [0.25, 0.3) is 6.08 Å². The number of halogens is 1. The summed E-state index contributed by atoms with van der Waals surface area (Å²) in [5, 5.41) is 22.7. The van der Waals surface area contributed by atoms with Gasteiger partial charge in [0.05, 0.1) is 4.92 Å². The van der Waals surface area contributed by atoms with Gasteiger partial charge in [-0.3, -0.25) is 14.9 Å². The van der Waals surface area contributed by atoms with E-state index in [1.165, 1.54) is 48.5 Å². The van der Waals surface area contributed by atoms with Gasteiger partial charge in [-0.05, 0) is 48.0 Å². The Morgan fingerprint density at radius 3 is 2.48 bits per heavy atom. The van der Waals surface area contributed by atoms with Crippen molar-refractivity contribution in [3.63, 3.8) is 0 Å². The highest BCUT2D eigenvalue weighted by atomic mass is 35.5. The zero-order chi connectivity index (χ0) is 24.0. The van der Waals surface area contributed by atoms with Crippen LogP contribution in [0.5, 0.6) is 5.75 Å². The third-order valence-corrected chi connectivity index (χ3v) is 5.75. The molecule has 0 unspecified atom stereocenters. The first-order chi connectivity index (χ1) is 15.7. The molecule has 3 rings (SSSR count). The molecule has 0 aliphatic heterocycles. The fourth-order valence-electron chi connectivity index (χ4n) is 2.66. The van der Waals surface area contributed by atoms with Gasteiger partial charge in [-0.2, -0.15) is 13.7 Å². The van der Waals surface area contributed by atoms with Crippen LogP contribution < -0.4 is 9.50 Å². The van der Waals surface area contributed by atoms with E-state index in [0.717, 1.165) is 6.07 Å². The molecule has 11 heteroatoms. The van der Waals surface area contributed by atoms with Crippen LogP contribution in [-0.4, -0.2) is 19.2 Å². The Balaban J connectivity index is 1.82. The summed E-state index contributed by atoms with van der Waals surface area (Å²) in [7, 11) is -4.07. The number of hydrogen-bond acceptors (Lipinski definition) is 7. The van der Waals surface area contributed by atoms with Gasteiger partial charge in [0.1, 0.15) is 27.3 Å². The van der Waals surface area contributed by atoms with Crippen LogP contribution in [0.15, 0.2) is 83.3 Å². The topological polar surface area (TPSA) is 139 Å². The summed E-state index contributed by atoms with van der Waals surface area (Å²) in [6.45, 7) is 0. The molecule has 33 heavy (non-hydrogen) atoms. The molecule has 0 radical (unpaired) electrons. The van der Waals surface area contributed by atoms with E-state index in [-0.39, 0.29) is 26.9 Å². The summed E-state index contributed by atoms with van der Waals surface area (Å²) >= 11 is 5.75. The molecule has 1 N–H and O–H groups in total. The maximum absolute atomic E-state index is 12.5. The smallest absolute Gasteiger partial charge is 0.339 e. The zero-order valence-electron chi connectivity index (χ0n) is 16.6. The number of hydrogen-bond donors (Lipinski definition) is 1. The number of nitriles is 1. The molecule has 9 nitrogen and oxygen atoms in total. The van der Waals surface area contributed by atoms with Crippen LogP contribution in [0.4, 0.5) is 11.4 Å². The average Bonchev–Trinajstić information content (AvgIpc) is 2.79. The number of amides is 1. The largest absolute Gasteiger partial charge is 0.379 e. The summed E-state index contributed by atoms with van der Waals surface area (Å²) in [6, 6.07) is 18.8. The average molecular weight is 484 g/mol. The minimum Gasteiger partial charge on any atom is -0.379 e. The molecule has 0 fully saturated rings. The molecule has 166 valence electrons. The monoisotopic (exact) mass is 483 g/mol. The van der Waals surface area contributed by atoms with Crippen LogP contribution in [0, 0.1) is 21.4 Å². The van der Waals surface area contributed by atoms with Crippen molar-refractivity contribution in [2.45, 2.75) is 4.90 Å². The molecular weight excluding hydrogens is 470 g/mol. The molecule has 0 aliphatic carbocycles. The maximum Gasteiger partial charge on any atom is 0.339 e. The van der Waals surface area contributed by atoms with Crippen LogP contribution in [0.3, 0.4) is 0 Å². The van der Waals surface area contributed by atoms with Crippen molar-refractivity contribution >= 4 is 45.1 Å². The summed E-state index contributed by atoms with van der Waals surface area (Å²) in [5.74, 6) is -0.837. The van der Waals surface area contributed by atoms with Crippen molar-refractivity contribution in [2.75, 3.05) is 5.32 Å². The van der Waals surface area contributed by atoms with E-state index < -0.39 is 26.6 Å². The van der Waals surface area contributed by atoms with Gasteiger partial charge in [-0.1, -0.05) is 41.9 Å². The Labute approximate surface area is 193 Å². The first-order valence-corrected chi connectivity index (χ1v) is 10.9. The summed E-state index contributed by atoms with van der Waals surface area (Å²) in [5.41, 5.74) is -0.329. The molecule has 0 saturated heterocycles. The minimum absolute atomic E-state index is 0.0152. The van der Waals surface area contributed by atoms with E-state index in [4.69, 9.17) is 15.8 Å². The first-order valence-electron chi connectivity index (χ1n) is 9.16. The van der Waals surface area contributed by atoms with Gasteiger partial charge in [0.2, 0.25) is 0 Å². The zero-order valence-corrected chi connectivity index (χ0v) is 18.2. The standard InChI is InChI=1S/C22H14ClN3O6S/c23-20-10-9-17(13-21(20)26(28)29)25-22(27)16(14-24)11-15-5-4-6-18(12-15)32-33(30,31)19-7-2-1-3-8-19/h1-13H,(H,25,27)/b16-11+. The fourth-order valence-corrected chi connectivity index (χ4v) is 3.79. The molecule has 3 aromatic carbocycles. The van der Waals surface area contributed by atoms with Crippen molar-refractivity contribution in [1.82, 2.24) is 0 Å². The quantitative estimate of drug-likeness (QED) is 0.171. The molecule has 0 aliphatic rings. The third-order valence-electron chi connectivity index (χ3n) is 4.17. The van der Waals surface area contributed by atoms with E-state index >= 15 is 0 Å². The summed E-state index contributed by atoms with van der Waals surface area (Å²) in [4.78, 5) is 22.8. The maximum atomic E-state index is 12.5. The first kappa shape index (κ1) is 23.5. The van der Waals surface area contributed by atoms with Gasteiger partial charge >= 0.3 is 10.1 Å². The van der Waals surface area contributed by atoms with Gasteiger partial charge in [0.15, 0.2) is 0 Å². The van der Waals surface area contributed by atoms with E-state index in [1.807, 2.05) is 0 Å². The van der Waals surface area contributed by atoms with Crippen LogP contribution in [-0.2, 0) is 14.9 Å². The predicted octanol–water partition coefficient (Wildman–Crippen LogP) is 4.56. The molecule has 0 heterocycles. The second-order valence-corrected chi connectivity index (χ2v) is 8.42. The predicted molar refractivity (Wildman–Crippen MR) is 121 cm³/mol. The number of nitrogens with one attached hydrogen (secondary N) is 1. The van der Waals surface area contributed by atoms with E-state index in [0.29, 0.717) is 5.56 Å². The third kappa shape index (κ3) is 5.94. The van der Waals surface area contributed by atoms with Crippen molar-refractivity contribution in [2.24, 2.45) is 0 Å². The van der Waals surface area contributed by atoms with Gasteiger partial charge in [0, 0.05) is 11.8 Å². The van der Waals surface area contributed by atoms with Gasteiger partial charge in [0.25, 0.3) is 11.6 Å². The SMILES string of the molecule is N#C/C(=C\c1cccc(OS(=O)(=O)c2ccccc2)c1)C(=O)Nc1ccc(Cl)c([N+](=O)[O-])c1. The van der Waals surface area contributed by atoms with Crippen LogP contribution in [0.2, 0.25) is 5.02 Å². The van der Waals surface area contributed by atoms with Crippen molar-refractivity contribution < 1.29 is 22.3 Å². The lowest BCUT2D eigenvalue weighted by atomic mass is 10.1. The van der Waals surface area contributed by atoms with Crippen molar-refractivity contribution in [3.8, 4) is 11.8 Å². The molecule has 0 aromatic heterocycles. The van der Waals surface area contributed by atoms with Gasteiger partial charge in [-0.15, -0.1) is 0 Å². The summed E-state index contributed by atoms with van der Waals surface area (Å²) < 4.78 is 29.9. The Morgan fingerprint density at radius 2 is 1.82 bits per heavy atom. The van der Waals surface area contributed by atoms with Gasteiger partial charge < -0.3 is 9.50 Å². The van der Waals surface area contributed by atoms with E-state index in [9.17, 15) is 28.6 Å². The van der Waals surface area contributed by atoms with Crippen LogP contribution >= 0.6 is 11.6 Å². The fraction of sp³-hybridized carbons (Fsp3) is 0. The lowest BCUT2D eigenvalue weighted by Gasteiger charge is -2.08. The lowest BCUT2D eigenvalue weighted by Crippen LogP contribution is -2.13. The van der Waals surface area contributed by atoms with Crippen LogP contribution in [0.1, 0.15) is 5.56 Å². The number of benzene rings is 3. The second-order valence-electron chi connectivity index (χ2n) is 6.47. The highest BCUT2D eigenvalue weighted by Crippen LogP contribution is 2.28. The number of anilines is 1. The van der Waals surface area contributed by atoms with E-state index in [2.05, 4.69) is 5.32 Å². The highest BCUT2D eigenvalue weighted by Gasteiger charge is 2.17. The number of carbonyl (C=O) groups is 1. The molecule has 0 atom stereocenters. The van der Waals surface area contributed by atoms with E-state index in [1.54, 1.807) is 30.3 Å². The summed E-state index contributed by atoms with van der Waals surface area (Å²) in [6.07, 6.45) is 1.22. The van der Waals surface area contributed by atoms with Crippen molar-refractivity contribution in [3.05, 3.63) is 99.1 Å². The molecule has 1 amide bonds. The number of nitro benzene ring substituents is 1. The number of nitro groups is 1. The number of carbonyl (C=O) groups excluding carboxylic acids is 1. The Kier molecular flexibility index (Phi) is 7.07. The molecule has 0 spiro atoms. The number of nitrogens with zero attached hydrogens (tertiary/aromatic N) is 2. The van der Waals surface area contributed by atoms with Gasteiger partial charge in [-0.25, -0.2) is 0 Å².